The number of hydrogen-bond acceptors (Lipinski definition) is 4. The number of nitrogens with zero attached hydrogens (tertiary/aromatic N) is 2. The number of pyridine rings is 1. The number of aromatic nitrogens is 1. The second-order valence-electron chi connectivity index (χ2n) is 4.39. The van der Waals surface area contributed by atoms with Crippen LogP contribution in [0.15, 0.2) is 53.7 Å². The van der Waals surface area contributed by atoms with E-state index in [0.29, 0.717) is 5.56 Å². The Balaban J connectivity index is 2.33. The van der Waals surface area contributed by atoms with E-state index in [-0.39, 0.29) is 16.3 Å². The summed E-state index contributed by atoms with van der Waals surface area (Å²) in [5, 5.41) is 10.7. The van der Waals surface area contributed by atoms with Gasteiger partial charge in [-0.1, -0.05) is 6.07 Å². The first-order valence-corrected chi connectivity index (χ1v) is 7.45. The fraction of sp³-hybridized carbons (Fsp3) is 0.154. The first-order valence-electron chi connectivity index (χ1n) is 5.80. The molecule has 1 aromatic heterocycles. The Kier molecular flexibility index (Phi) is 3.80. The summed E-state index contributed by atoms with van der Waals surface area (Å²) in [5.74, 6) is -0.186. The molecule has 7 heteroatoms. The van der Waals surface area contributed by atoms with Crippen LogP contribution < -0.4 is 4.57 Å². The Bertz CT molecular complexity index is 739. The Hall–Kier alpha value is -2.28. The molecule has 0 N–H and O–H groups in total. The molecule has 0 aliphatic rings. The summed E-state index contributed by atoms with van der Waals surface area (Å²) in [6.07, 6.45) is 3.50. The molecule has 2 rings (SSSR count). The summed E-state index contributed by atoms with van der Waals surface area (Å²) in [6.45, 7) is 0. The Morgan fingerprint density at radius 3 is 2.45 bits per heavy atom. The number of rotatable bonds is 4. The number of non-ortho nitro benzene ring substituents is 1. The number of benzene rings is 1. The van der Waals surface area contributed by atoms with Gasteiger partial charge in [0.2, 0.25) is 0 Å². The first kappa shape index (κ1) is 14.1. The lowest BCUT2D eigenvalue weighted by molar-refractivity contribution is -0.671. The molecule has 0 aliphatic heterocycles. The molecule has 0 atom stereocenters. The quantitative estimate of drug-likeness (QED) is 0.484. The molecule has 0 amide bonds. The molecule has 0 spiro atoms. The van der Waals surface area contributed by atoms with Crippen LogP contribution in [0.1, 0.15) is 5.56 Å². The average molecular weight is 293 g/mol. The van der Waals surface area contributed by atoms with E-state index in [1.54, 1.807) is 29.1 Å². The Morgan fingerprint density at radius 1 is 1.20 bits per heavy atom. The molecule has 6 nitrogen and oxygen atoms in total. The van der Waals surface area contributed by atoms with E-state index < -0.39 is 14.8 Å². The molecular formula is C13H13N2O4S+. The fourth-order valence-electron chi connectivity index (χ4n) is 1.72. The van der Waals surface area contributed by atoms with Crippen LogP contribution in [-0.4, -0.2) is 13.3 Å². The molecule has 1 heterocycles. The lowest BCUT2D eigenvalue weighted by atomic mass is 10.3. The minimum absolute atomic E-state index is 0.0417. The zero-order valence-corrected chi connectivity index (χ0v) is 11.6. The third-order valence-electron chi connectivity index (χ3n) is 2.79. The largest absolute Gasteiger partial charge is 0.270 e. The summed E-state index contributed by atoms with van der Waals surface area (Å²) in [7, 11) is -1.76. The van der Waals surface area contributed by atoms with Crippen molar-refractivity contribution in [2.75, 3.05) is 0 Å². The van der Waals surface area contributed by atoms with Crippen molar-refractivity contribution in [3.63, 3.8) is 0 Å². The third-order valence-corrected chi connectivity index (χ3v) is 4.48. The maximum atomic E-state index is 12.2. The van der Waals surface area contributed by atoms with Crippen molar-refractivity contribution < 1.29 is 17.9 Å². The van der Waals surface area contributed by atoms with Gasteiger partial charge in [0, 0.05) is 24.3 Å². The van der Waals surface area contributed by atoms with Gasteiger partial charge in [-0.3, -0.25) is 10.1 Å². The van der Waals surface area contributed by atoms with Crippen molar-refractivity contribution in [3.05, 3.63) is 64.5 Å². The second kappa shape index (κ2) is 5.38. The number of aryl methyl sites for hydroxylation is 1. The van der Waals surface area contributed by atoms with Gasteiger partial charge in [-0.05, 0) is 11.6 Å². The van der Waals surface area contributed by atoms with Gasteiger partial charge in [-0.25, -0.2) is 13.0 Å². The van der Waals surface area contributed by atoms with Gasteiger partial charge in [-0.15, -0.1) is 0 Å². The molecule has 0 fully saturated rings. The predicted octanol–water partition coefficient (Wildman–Crippen LogP) is 1.39. The zero-order valence-electron chi connectivity index (χ0n) is 10.8. The zero-order chi connectivity index (χ0) is 14.8. The van der Waals surface area contributed by atoms with E-state index in [1.807, 2.05) is 7.05 Å². The van der Waals surface area contributed by atoms with Crippen molar-refractivity contribution in [1.29, 1.82) is 0 Å². The Labute approximate surface area is 116 Å². The molecule has 1 aromatic carbocycles. The summed E-state index contributed by atoms with van der Waals surface area (Å²) < 4.78 is 26.3. The molecule has 0 aliphatic carbocycles. The van der Waals surface area contributed by atoms with Crippen molar-refractivity contribution in [3.8, 4) is 0 Å². The second-order valence-corrected chi connectivity index (χ2v) is 6.37. The minimum Gasteiger partial charge on any atom is -0.258 e. The summed E-state index contributed by atoms with van der Waals surface area (Å²) in [5.41, 5.74) is 0.403. The number of hydrogen-bond donors (Lipinski definition) is 0. The maximum absolute atomic E-state index is 12.2. The summed E-state index contributed by atoms with van der Waals surface area (Å²) >= 11 is 0. The monoisotopic (exact) mass is 293 g/mol. The van der Waals surface area contributed by atoms with Gasteiger partial charge >= 0.3 is 0 Å². The molecule has 104 valence electrons. The van der Waals surface area contributed by atoms with Crippen LogP contribution in [0.5, 0.6) is 0 Å². The lowest BCUT2D eigenvalue weighted by Crippen LogP contribution is -2.26. The van der Waals surface area contributed by atoms with Gasteiger partial charge in [-0.2, -0.15) is 0 Å². The molecular weight excluding hydrogens is 280 g/mol. The molecule has 0 saturated carbocycles. The molecule has 0 saturated heterocycles. The van der Waals surface area contributed by atoms with E-state index >= 15 is 0 Å². The molecule has 20 heavy (non-hydrogen) atoms. The summed E-state index contributed by atoms with van der Waals surface area (Å²) in [6, 6.07) is 8.49. The summed E-state index contributed by atoms with van der Waals surface area (Å²) in [4.78, 5) is 10.0. The van der Waals surface area contributed by atoms with Gasteiger partial charge in [0.1, 0.15) is 7.05 Å². The highest BCUT2D eigenvalue weighted by Gasteiger charge is 2.18. The number of sulfone groups is 1. The van der Waals surface area contributed by atoms with Crippen molar-refractivity contribution in [2.45, 2.75) is 10.6 Å². The Morgan fingerprint density at radius 2 is 1.85 bits per heavy atom. The fourth-order valence-corrected chi connectivity index (χ4v) is 3.11. The van der Waals surface area contributed by atoms with Crippen molar-refractivity contribution >= 4 is 15.5 Å². The first-order chi connectivity index (χ1) is 9.38. The van der Waals surface area contributed by atoms with E-state index in [4.69, 9.17) is 0 Å². The minimum atomic E-state index is -3.60. The number of nitro benzene ring substituents is 1. The van der Waals surface area contributed by atoms with Crippen LogP contribution in [-0.2, 0) is 22.6 Å². The SMILES string of the molecule is C[n+]1ccc(CS(=O)(=O)c2cccc([N+](=O)[O-])c2)cc1. The normalized spacial score (nSPS) is 11.2. The van der Waals surface area contributed by atoms with Crippen LogP contribution in [0, 0.1) is 10.1 Å². The highest BCUT2D eigenvalue weighted by atomic mass is 32.2. The third kappa shape index (κ3) is 3.18. The van der Waals surface area contributed by atoms with E-state index in [0.717, 1.165) is 6.07 Å². The smallest absolute Gasteiger partial charge is 0.258 e. The van der Waals surface area contributed by atoms with Crippen LogP contribution in [0.4, 0.5) is 5.69 Å². The van der Waals surface area contributed by atoms with Crippen LogP contribution >= 0.6 is 0 Å². The highest BCUT2D eigenvalue weighted by molar-refractivity contribution is 7.90. The topological polar surface area (TPSA) is 81.2 Å². The van der Waals surface area contributed by atoms with Gasteiger partial charge in [0.25, 0.3) is 5.69 Å². The molecule has 0 radical (unpaired) electrons. The average Bonchev–Trinajstić information content (AvgIpc) is 2.41. The molecule has 2 aromatic rings. The maximum Gasteiger partial charge on any atom is 0.270 e. The van der Waals surface area contributed by atoms with E-state index in [1.165, 1.54) is 18.2 Å². The highest BCUT2D eigenvalue weighted by Crippen LogP contribution is 2.20. The van der Waals surface area contributed by atoms with Gasteiger partial charge < -0.3 is 0 Å². The number of nitro groups is 1. The van der Waals surface area contributed by atoms with Crippen LogP contribution in [0.25, 0.3) is 0 Å². The van der Waals surface area contributed by atoms with Crippen LogP contribution in [0.3, 0.4) is 0 Å². The van der Waals surface area contributed by atoms with Gasteiger partial charge in [0.15, 0.2) is 22.2 Å². The van der Waals surface area contributed by atoms with E-state index in [2.05, 4.69) is 0 Å². The van der Waals surface area contributed by atoms with Gasteiger partial charge in [0.05, 0.1) is 15.6 Å². The molecule has 0 unspecified atom stereocenters. The lowest BCUT2D eigenvalue weighted by Gasteiger charge is -2.04. The van der Waals surface area contributed by atoms with Crippen LogP contribution in [0.2, 0.25) is 0 Å². The predicted molar refractivity (Wildman–Crippen MR) is 71.6 cm³/mol. The molecule has 0 bridgehead atoms. The van der Waals surface area contributed by atoms with E-state index in [9.17, 15) is 18.5 Å². The standard InChI is InChI=1S/C13H13N2O4S/c1-14-7-5-11(6-8-14)10-20(18,19)13-4-2-3-12(9-13)15(16)17/h2-9H,10H2,1H3/q+1. The van der Waals surface area contributed by atoms with Crippen molar-refractivity contribution in [2.24, 2.45) is 7.05 Å². The van der Waals surface area contributed by atoms with Crippen molar-refractivity contribution in [1.82, 2.24) is 0 Å².